The zero-order chi connectivity index (χ0) is 13.8. The van der Waals surface area contributed by atoms with E-state index in [1.165, 1.54) is 0 Å². The molecule has 0 spiro atoms. The minimum atomic E-state index is 0.00389. The summed E-state index contributed by atoms with van der Waals surface area (Å²) in [5.41, 5.74) is 2.65. The highest BCUT2D eigenvalue weighted by atomic mass is 16.5. The molecule has 0 bridgehead atoms. The number of rotatable bonds is 3. The second-order valence-electron chi connectivity index (χ2n) is 4.77. The molecule has 0 saturated carbocycles. The molecule has 2 rings (SSSR count). The highest BCUT2D eigenvalue weighted by Gasteiger charge is 2.14. The molecule has 0 aliphatic carbocycles. The fourth-order valence-electron chi connectivity index (χ4n) is 2.20. The fraction of sp³-hybridized carbons (Fsp3) is 0.235. The lowest BCUT2D eigenvalue weighted by atomic mass is 9.96. The zero-order valence-electron chi connectivity index (χ0n) is 11.5. The van der Waals surface area contributed by atoms with Crippen molar-refractivity contribution in [2.45, 2.75) is 19.8 Å². The van der Waals surface area contributed by atoms with Crippen molar-refractivity contribution in [3.8, 4) is 16.9 Å². The van der Waals surface area contributed by atoms with Crippen LogP contribution in [0.2, 0.25) is 0 Å². The molecule has 0 radical (unpaired) electrons. The maximum Gasteiger partial charge on any atom is 0.186 e. The average molecular weight is 254 g/mol. The lowest BCUT2D eigenvalue weighted by Crippen LogP contribution is -2.03. The Kier molecular flexibility index (Phi) is 4.00. The Morgan fingerprint density at radius 1 is 0.895 bits per heavy atom. The van der Waals surface area contributed by atoms with Crippen LogP contribution in [0.25, 0.3) is 11.1 Å². The van der Waals surface area contributed by atoms with Crippen LogP contribution in [-0.2, 0) is 0 Å². The Hall–Kier alpha value is -2.09. The molecule has 0 aromatic heterocycles. The first-order valence-corrected chi connectivity index (χ1v) is 6.41. The van der Waals surface area contributed by atoms with E-state index in [1.807, 2.05) is 36.4 Å². The van der Waals surface area contributed by atoms with Gasteiger partial charge in [-0.2, -0.15) is 0 Å². The second-order valence-corrected chi connectivity index (χ2v) is 4.77. The zero-order valence-corrected chi connectivity index (χ0v) is 11.5. The number of para-hydroxylation sites is 1. The van der Waals surface area contributed by atoms with Gasteiger partial charge in [-0.25, -0.2) is 0 Å². The molecule has 98 valence electrons. The van der Waals surface area contributed by atoms with Crippen LogP contribution in [0.15, 0.2) is 53.3 Å². The van der Waals surface area contributed by atoms with Crippen molar-refractivity contribution in [2.24, 2.45) is 0 Å². The molecule has 2 aromatic rings. The van der Waals surface area contributed by atoms with Gasteiger partial charge in [0.25, 0.3) is 0 Å². The third kappa shape index (κ3) is 2.68. The van der Waals surface area contributed by atoms with Gasteiger partial charge in [0.2, 0.25) is 0 Å². The highest BCUT2D eigenvalue weighted by molar-refractivity contribution is 5.72. The van der Waals surface area contributed by atoms with Crippen LogP contribution in [0, 0.1) is 0 Å². The lowest BCUT2D eigenvalue weighted by Gasteiger charge is -2.15. The third-order valence-electron chi connectivity index (χ3n) is 3.16. The maximum atomic E-state index is 12.1. The van der Waals surface area contributed by atoms with Gasteiger partial charge < -0.3 is 4.74 Å². The van der Waals surface area contributed by atoms with E-state index in [1.54, 1.807) is 19.2 Å². The van der Waals surface area contributed by atoms with Gasteiger partial charge in [0.15, 0.2) is 5.43 Å². The predicted octanol–water partition coefficient (Wildman–Crippen LogP) is 3.85. The number of ether oxygens (including phenoxy) is 1. The fourth-order valence-corrected chi connectivity index (χ4v) is 2.20. The maximum absolute atomic E-state index is 12.1. The van der Waals surface area contributed by atoms with Crippen LogP contribution in [0.1, 0.15) is 25.3 Å². The quantitative estimate of drug-likeness (QED) is 0.831. The van der Waals surface area contributed by atoms with Crippen molar-refractivity contribution in [3.63, 3.8) is 0 Å². The summed E-state index contributed by atoms with van der Waals surface area (Å²) in [6.45, 7) is 4.23. The van der Waals surface area contributed by atoms with E-state index in [0.29, 0.717) is 11.5 Å². The van der Waals surface area contributed by atoms with Gasteiger partial charge in [-0.05, 0) is 17.5 Å². The summed E-state index contributed by atoms with van der Waals surface area (Å²) in [5.74, 6) is 1.14. The van der Waals surface area contributed by atoms with Crippen LogP contribution in [-0.4, -0.2) is 7.11 Å². The molecular weight excluding hydrogens is 236 g/mol. The molecule has 0 atom stereocenters. The molecule has 2 heteroatoms. The molecule has 0 N–H and O–H groups in total. The predicted molar refractivity (Wildman–Crippen MR) is 78.8 cm³/mol. The standard InChI is InChI=1S/C17H18O2/c1-12(2)13-9-7-10-15(17(13)19-3)14-8-5-4-6-11-16(14)18/h4-12H,1-3H3. The van der Waals surface area contributed by atoms with Crippen molar-refractivity contribution < 1.29 is 4.74 Å². The summed E-state index contributed by atoms with van der Waals surface area (Å²) in [6.07, 6.45) is 0. The first kappa shape index (κ1) is 13.3. The van der Waals surface area contributed by atoms with E-state index >= 15 is 0 Å². The van der Waals surface area contributed by atoms with Crippen molar-refractivity contribution in [1.29, 1.82) is 0 Å². The van der Waals surface area contributed by atoms with Gasteiger partial charge in [0, 0.05) is 11.1 Å². The summed E-state index contributed by atoms with van der Waals surface area (Å²) < 4.78 is 5.54. The monoisotopic (exact) mass is 254 g/mol. The summed E-state index contributed by atoms with van der Waals surface area (Å²) in [4.78, 5) is 12.1. The van der Waals surface area contributed by atoms with Crippen molar-refractivity contribution >= 4 is 0 Å². The molecular formula is C17H18O2. The minimum absolute atomic E-state index is 0.00389. The first-order chi connectivity index (χ1) is 9.15. The lowest BCUT2D eigenvalue weighted by molar-refractivity contribution is 0.409. The molecule has 0 saturated heterocycles. The van der Waals surface area contributed by atoms with Gasteiger partial charge in [-0.15, -0.1) is 0 Å². The van der Waals surface area contributed by atoms with Crippen molar-refractivity contribution in [2.75, 3.05) is 7.11 Å². The molecule has 0 unspecified atom stereocenters. The molecule has 0 amide bonds. The van der Waals surface area contributed by atoms with E-state index in [2.05, 4.69) is 13.8 Å². The Bertz CT molecular complexity index is 630. The molecule has 0 aliphatic heterocycles. The van der Waals surface area contributed by atoms with E-state index in [-0.39, 0.29) is 5.43 Å². The molecule has 2 nitrogen and oxygen atoms in total. The van der Waals surface area contributed by atoms with Crippen molar-refractivity contribution in [1.82, 2.24) is 0 Å². The number of hydrogen-bond donors (Lipinski definition) is 0. The molecule has 0 heterocycles. The summed E-state index contributed by atoms with van der Waals surface area (Å²) >= 11 is 0. The average Bonchev–Trinajstić information content (AvgIpc) is 2.62. The van der Waals surface area contributed by atoms with E-state index in [4.69, 9.17) is 4.74 Å². The number of benzene rings is 1. The molecule has 0 fully saturated rings. The van der Waals surface area contributed by atoms with E-state index < -0.39 is 0 Å². The van der Waals surface area contributed by atoms with Crippen LogP contribution < -0.4 is 10.2 Å². The van der Waals surface area contributed by atoms with Gasteiger partial charge in [-0.3, -0.25) is 4.79 Å². The Balaban J connectivity index is 2.73. The molecule has 19 heavy (non-hydrogen) atoms. The topological polar surface area (TPSA) is 26.3 Å². The minimum Gasteiger partial charge on any atom is -0.496 e. The first-order valence-electron chi connectivity index (χ1n) is 6.41. The SMILES string of the molecule is COc1c(-c2cccccc2=O)cccc1C(C)C. The van der Waals surface area contributed by atoms with Crippen LogP contribution >= 0.6 is 0 Å². The summed E-state index contributed by atoms with van der Waals surface area (Å²) in [7, 11) is 1.65. The number of methoxy groups -OCH3 is 1. The summed E-state index contributed by atoms with van der Waals surface area (Å²) in [5, 5.41) is 0. The number of hydrogen-bond acceptors (Lipinski definition) is 2. The van der Waals surface area contributed by atoms with Gasteiger partial charge in [0.1, 0.15) is 5.75 Å². The van der Waals surface area contributed by atoms with E-state index in [9.17, 15) is 4.79 Å². The highest BCUT2D eigenvalue weighted by Crippen LogP contribution is 2.35. The molecule has 0 aliphatic rings. The van der Waals surface area contributed by atoms with Crippen LogP contribution in [0.5, 0.6) is 5.75 Å². The summed E-state index contributed by atoms with van der Waals surface area (Å²) in [6, 6.07) is 14.8. The normalized spacial score (nSPS) is 10.5. The Morgan fingerprint density at radius 3 is 2.26 bits per heavy atom. The Morgan fingerprint density at radius 2 is 1.58 bits per heavy atom. The van der Waals surface area contributed by atoms with Crippen LogP contribution in [0.3, 0.4) is 0 Å². The van der Waals surface area contributed by atoms with Gasteiger partial charge >= 0.3 is 0 Å². The largest absolute Gasteiger partial charge is 0.496 e. The Labute approximate surface area is 113 Å². The third-order valence-corrected chi connectivity index (χ3v) is 3.16. The van der Waals surface area contributed by atoms with Gasteiger partial charge in [0.05, 0.1) is 7.11 Å². The van der Waals surface area contributed by atoms with Crippen molar-refractivity contribution in [3.05, 3.63) is 64.3 Å². The molecule has 2 aromatic carbocycles. The smallest absolute Gasteiger partial charge is 0.186 e. The van der Waals surface area contributed by atoms with Gasteiger partial charge in [-0.1, -0.05) is 56.3 Å². The second kappa shape index (κ2) is 5.70. The van der Waals surface area contributed by atoms with E-state index in [0.717, 1.165) is 16.9 Å². The van der Waals surface area contributed by atoms with Crippen LogP contribution in [0.4, 0.5) is 0 Å².